The number of amides is 7. The Morgan fingerprint density at radius 2 is 1.43 bits per heavy atom. The Morgan fingerprint density at radius 1 is 0.806 bits per heavy atom. The van der Waals surface area contributed by atoms with Gasteiger partial charge in [0.2, 0.25) is 35.4 Å². The monoisotopic (exact) mass is 1010 g/mol. The normalized spacial score (nSPS) is 24.4. The van der Waals surface area contributed by atoms with Crippen LogP contribution in [0.3, 0.4) is 0 Å². The molecule has 0 aliphatic carbocycles. The quantitative estimate of drug-likeness (QED) is 0.0282. The lowest BCUT2D eigenvalue weighted by Gasteiger charge is -2.27. The predicted molar refractivity (Wildman–Crippen MR) is 265 cm³/mol. The molecule has 9 atom stereocenters. The minimum absolute atomic E-state index is 0.00508. The number of guanidine groups is 1. The number of carbonyl (C=O) groups is 10. The van der Waals surface area contributed by atoms with E-state index in [9.17, 15) is 58.2 Å². The molecule has 2 rings (SSSR count). The van der Waals surface area contributed by atoms with Crippen LogP contribution in [0.2, 0.25) is 0 Å². The molecule has 0 radical (unpaired) electrons. The standard InChI is InChI=1S/C49H72N10O13/c1-9-33-44(65)53-30(7)43(64)58-37(22-26(2)3)46(67)59-38(48(70)71)25-41(62)55-35(16-13-21-52-49(50)51)45(66)56-34(29(6)42(63)57-36(47(68)69)19-20-40(61)54-33)18-17-27(4)23-28(5)39(72-31(8)60)24-32-14-11-10-12-15-32/h9-12,14-15,17-18,23,26,28-30,34-39H,13,16,19-22,24-25H2,1-8H3,(H,53,65)(H,54,61)(H,55,62)(H,56,66)(H,57,63)(H,58,64)(H,59,67)(H,68,69)(H,70,71)(H4,50,51,52). The number of carboxylic acid groups (broad SMARTS) is 2. The van der Waals surface area contributed by atoms with Gasteiger partial charge in [-0.15, -0.1) is 0 Å². The fraction of sp³-hybridized carbons (Fsp3) is 0.531. The molecule has 1 saturated heterocycles. The maximum absolute atomic E-state index is 14.3. The van der Waals surface area contributed by atoms with Crippen molar-refractivity contribution in [1.29, 1.82) is 0 Å². The van der Waals surface area contributed by atoms with Crippen LogP contribution in [0.4, 0.5) is 0 Å². The fourth-order valence-corrected chi connectivity index (χ4v) is 7.33. The highest BCUT2D eigenvalue weighted by molar-refractivity contribution is 6.00. The molecule has 13 N–H and O–H groups in total. The molecule has 0 aromatic heterocycles. The summed E-state index contributed by atoms with van der Waals surface area (Å²) in [7, 11) is 0. The van der Waals surface area contributed by atoms with E-state index >= 15 is 0 Å². The number of hydrogen-bond acceptors (Lipinski definition) is 12. The highest BCUT2D eigenvalue weighted by Gasteiger charge is 2.34. The largest absolute Gasteiger partial charge is 0.480 e. The van der Waals surface area contributed by atoms with Crippen LogP contribution in [0.5, 0.6) is 0 Å². The molecule has 1 aromatic rings. The number of benzene rings is 1. The van der Waals surface area contributed by atoms with Gasteiger partial charge in [0.05, 0.1) is 18.4 Å². The van der Waals surface area contributed by atoms with Crippen LogP contribution < -0.4 is 48.7 Å². The van der Waals surface area contributed by atoms with Gasteiger partial charge >= 0.3 is 17.9 Å². The van der Waals surface area contributed by atoms with Crippen molar-refractivity contribution in [2.75, 3.05) is 6.54 Å². The second-order valence-electron chi connectivity index (χ2n) is 18.0. The van der Waals surface area contributed by atoms with Crippen LogP contribution in [-0.2, 0) is 59.1 Å². The summed E-state index contributed by atoms with van der Waals surface area (Å²) in [5, 5.41) is 37.5. The third-order valence-electron chi connectivity index (χ3n) is 11.3. The molecule has 0 bridgehead atoms. The highest BCUT2D eigenvalue weighted by atomic mass is 16.5. The fourth-order valence-electron chi connectivity index (χ4n) is 7.33. The van der Waals surface area contributed by atoms with Gasteiger partial charge in [-0.3, -0.25) is 43.3 Å². The van der Waals surface area contributed by atoms with Crippen molar-refractivity contribution in [1.82, 2.24) is 37.2 Å². The molecule has 23 heteroatoms. The van der Waals surface area contributed by atoms with E-state index in [1.807, 2.05) is 43.3 Å². The van der Waals surface area contributed by atoms with Crippen LogP contribution in [0.25, 0.3) is 0 Å². The number of rotatable bonds is 15. The second-order valence-corrected chi connectivity index (χ2v) is 18.0. The molecule has 23 nitrogen and oxygen atoms in total. The molecular weight excluding hydrogens is 937 g/mol. The van der Waals surface area contributed by atoms with Crippen molar-refractivity contribution in [3.05, 3.63) is 71.5 Å². The SMILES string of the molecule is CC=C1NC(=O)CCC(C(=O)O)NC(=O)C(C)C(C=CC(C)=CC(C)C(Cc2ccccc2)OC(C)=O)NC(=O)C(CCCN=C(N)N)NC(=O)CC(C(=O)O)NC(=O)C(CC(C)C)NC(=O)C(C)NC1=O. The molecule has 1 aliphatic heterocycles. The molecule has 9 unspecified atom stereocenters. The first-order chi connectivity index (χ1) is 33.8. The summed E-state index contributed by atoms with van der Waals surface area (Å²) in [5.41, 5.74) is 12.2. The summed E-state index contributed by atoms with van der Waals surface area (Å²) in [6.45, 7) is 12.5. The van der Waals surface area contributed by atoms with Crippen LogP contribution in [0.1, 0.15) is 99.5 Å². The number of aliphatic carboxylic acids is 2. The molecule has 1 fully saturated rings. The number of esters is 1. The van der Waals surface area contributed by atoms with Crippen molar-refractivity contribution < 1.29 is 62.9 Å². The Morgan fingerprint density at radius 3 is 2.01 bits per heavy atom. The van der Waals surface area contributed by atoms with Crippen molar-refractivity contribution in [3.8, 4) is 0 Å². The number of ether oxygens (including phenoxy) is 1. The van der Waals surface area contributed by atoms with Crippen LogP contribution in [-0.4, -0.2) is 124 Å². The number of allylic oxidation sites excluding steroid dienone is 3. The summed E-state index contributed by atoms with van der Waals surface area (Å²) in [4.78, 5) is 136. The van der Waals surface area contributed by atoms with Gasteiger partial charge in [-0.25, -0.2) is 9.59 Å². The Balaban J connectivity index is 2.71. The lowest BCUT2D eigenvalue weighted by Crippen LogP contribution is -2.57. The third-order valence-corrected chi connectivity index (χ3v) is 11.3. The summed E-state index contributed by atoms with van der Waals surface area (Å²) >= 11 is 0. The van der Waals surface area contributed by atoms with Gasteiger partial charge in [0.15, 0.2) is 5.96 Å². The summed E-state index contributed by atoms with van der Waals surface area (Å²) in [6, 6.07) is 0.566. The first-order valence-electron chi connectivity index (χ1n) is 23.7. The molecule has 1 heterocycles. The summed E-state index contributed by atoms with van der Waals surface area (Å²) < 4.78 is 5.67. The van der Waals surface area contributed by atoms with E-state index in [1.54, 1.807) is 26.8 Å². The zero-order valence-electron chi connectivity index (χ0n) is 42.1. The average Bonchev–Trinajstić information content (AvgIpc) is 3.29. The van der Waals surface area contributed by atoms with Gasteiger partial charge in [0.25, 0.3) is 5.91 Å². The van der Waals surface area contributed by atoms with Crippen molar-refractivity contribution in [3.63, 3.8) is 0 Å². The first-order valence-corrected chi connectivity index (χ1v) is 23.7. The number of nitrogens with one attached hydrogen (secondary N) is 7. The number of hydrogen-bond donors (Lipinski definition) is 11. The smallest absolute Gasteiger partial charge is 0.326 e. The summed E-state index contributed by atoms with van der Waals surface area (Å²) in [6.07, 6.45) is 4.09. The van der Waals surface area contributed by atoms with E-state index in [2.05, 4.69) is 42.2 Å². The van der Waals surface area contributed by atoms with Gasteiger partial charge in [-0.1, -0.05) is 87.9 Å². The molecular formula is C49H72N10O13. The second kappa shape index (κ2) is 30.2. The maximum Gasteiger partial charge on any atom is 0.326 e. The van der Waals surface area contributed by atoms with Crippen molar-refractivity contribution in [2.24, 2.45) is 34.2 Å². The minimum Gasteiger partial charge on any atom is -0.480 e. The van der Waals surface area contributed by atoms with E-state index < -0.39 is 127 Å². The van der Waals surface area contributed by atoms with Crippen molar-refractivity contribution >= 4 is 65.2 Å². The van der Waals surface area contributed by atoms with Crippen LogP contribution >= 0.6 is 0 Å². The van der Waals surface area contributed by atoms with Crippen LogP contribution in [0.15, 0.2) is 70.9 Å². The van der Waals surface area contributed by atoms with E-state index in [4.69, 9.17) is 16.2 Å². The highest BCUT2D eigenvalue weighted by Crippen LogP contribution is 2.19. The Bertz CT molecular complexity index is 2220. The van der Waals surface area contributed by atoms with Crippen molar-refractivity contribution in [2.45, 2.75) is 143 Å². The lowest BCUT2D eigenvalue weighted by molar-refractivity contribution is -0.148. The Hall–Kier alpha value is -7.59. The molecule has 1 aromatic carbocycles. The van der Waals surface area contributed by atoms with Gasteiger partial charge in [0, 0.05) is 32.2 Å². The van der Waals surface area contributed by atoms with E-state index in [0.29, 0.717) is 12.0 Å². The van der Waals surface area contributed by atoms with Gasteiger partial charge in [0.1, 0.15) is 42.0 Å². The molecule has 0 spiro atoms. The lowest BCUT2D eigenvalue weighted by atomic mass is 9.94. The predicted octanol–water partition coefficient (Wildman–Crippen LogP) is 0.337. The first kappa shape index (κ1) is 60.5. The maximum atomic E-state index is 14.3. The van der Waals surface area contributed by atoms with Crippen LogP contribution in [0, 0.1) is 17.8 Å². The zero-order valence-corrected chi connectivity index (χ0v) is 42.1. The number of aliphatic imine (C=N–C) groups is 1. The van der Waals surface area contributed by atoms with E-state index in [0.717, 1.165) is 5.56 Å². The van der Waals surface area contributed by atoms with Gasteiger partial charge in [-0.2, -0.15) is 0 Å². The molecule has 1 aliphatic rings. The zero-order chi connectivity index (χ0) is 54.2. The van der Waals surface area contributed by atoms with Gasteiger partial charge in [-0.05, 0) is 57.9 Å². The molecule has 7 amide bonds. The third kappa shape index (κ3) is 22.0. The number of nitrogens with two attached hydrogens (primary N) is 2. The summed E-state index contributed by atoms with van der Waals surface area (Å²) in [5.74, 6) is -11.9. The van der Waals surface area contributed by atoms with E-state index in [-0.39, 0.29) is 49.3 Å². The molecule has 72 heavy (non-hydrogen) atoms. The van der Waals surface area contributed by atoms with Gasteiger partial charge < -0.3 is 63.6 Å². The number of carboxylic acids is 2. The topological polar surface area (TPSA) is 369 Å². The average molecular weight is 1010 g/mol. The van der Waals surface area contributed by atoms with E-state index in [1.165, 1.54) is 39.8 Å². The Kier molecular flexibility index (Phi) is 25.4. The number of carbonyl (C=O) groups excluding carboxylic acids is 8. The number of nitrogens with zero attached hydrogens (tertiary/aromatic N) is 1. The Labute approximate surface area is 419 Å². The minimum atomic E-state index is -1.87. The molecule has 396 valence electrons. The molecule has 0 saturated carbocycles.